The highest BCUT2D eigenvalue weighted by Crippen LogP contribution is 2.40. The van der Waals surface area contributed by atoms with Gasteiger partial charge < -0.3 is 10.2 Å². The minimum absolute atomic E-state index is 0.0275. The zero-order valence-corrected chi connectivity index (χ0v) is 19.6. The summed E-state index contributed by atoms with van der Waals surface area (Å²) >= 11 is 3.06. The number of hydrogen-bond donors (Lipinski definition) is 2. The van der Waals surface area contributed by atoms with Gasteiger partial charge in [0.05, 0.1) is 23.1 Å². The van der Waals surface area contributed by atoms with Gasteiger partial charge in [0, 0.05) is 23.3 Å². The quantitative estimate of drug-likeness (QED) is 0.293. The lowest BCUT2D eigenvalue weighted by Gasteiger charge is -2.16. The Morgan fingerprint density at radius 3 is 2.12 bits per heavy atom. The minimum Gasteiger partial charge on any atom is -0.481 e. The van der Waals surface area contributed by atoms with Gasteiger partial charge in [0.1, 0.15) is 0 Å². The Hall–Kier alpha value is -3.03. The Bertz CT molecular complexity index is 1060. The summed E-state index contributed by atoms with van der Waals surface area (Å²) in [5.41, 5.74) is 5.08. The SMILES string of the molecule is O=C(O)CCSC(SCCC(=O)O)c1cccc(/C=C/c2ccc(-c3ccccc3)cn2)c1. The van der Waals surface area contributed by atoms with E-state index in [1.807, 2.05) is 66.9 Å². The van der Waals surface area contributed by atoms with Crippen molar-refractivity contribution in [1.29, 1.82) is 0 Å². The summed E-state index contributed by atoms with van der Waals surface area (Å²) < 4.78 is -0.0275. The van der Waals surface area contributed by atoms with Crippen LogP contribution in [0.3, 0.4) is 0 Å². The fourth-order valence-corrected chi connectivity index (χ4v) is 5.70. The van der Waals surface area contributed by atoms with Crippen LogP contribution in [0.4, 0.5) is 0 Å². The molecule has 3 aromatic rings. The van der Waals surface area contributed by atoms with Crippen LogP contribution < -0.4 is 0 Å². The Labute approximate surface area is 202 Å². The van der Waals surface area contributed by atoms with E-state index in [1.54, 1.807) is 0 Å². The first-order chi connectivity index (χ1) is 16.0. The lowest BCUT2D eigenvalue weighted by Crippen LogP contribution is -2.01. The third kappa shape index (κ3) is 8.44. The molecule has 0 saturated heterocycles. The van der Waals surface area contributed by atoms with Crippen molar-refractivity contribution in [3.8, 4) is 11.1 Å². The molecule has 0 spiro atoms. The maximum atomic E-state index is 10.9. The highest BCUT2D eigenvalue weighted by molar-refractivity contribution is 8.16. The molecule has 1 heterocycles. The summed E-state index contributed by atoms with van der Waals surface area (Å²) in [6.45, 7) is 0. The molecule has 0 saturated carbocycles. The maximum absolute atomic E-state index is 10.9. The maximum Gasteiger partial charge on any atom is 0.304 e. The largest absolute Gasteiger partial charge is 0.481 e. The third-order valence-corrected chi connectivity index (χ3v) is 7.54. The van der Waals surface area contributed by atoms with Gasteiger partial charge >= 0.3 is 11.9 Å². The van der Waals surface area contributed by atoms with Gasteiger partial charge in [-0.1, -0.05) is 60.7 Å². The normalized spacial score (nSPS) is 11.2. The molecule has 3 rings (SSSR count). The summed E-state index contributed by atoms with van der Waals surface area (Å²) in [5, 5.41) is 17.9. The van der Waals surface area contributed by atoms with Crippen molar-refractivity contribution in [2.24, 2.45) is 0 Å². The molecule has 2 N–H and O–H groups in total. The standard InChI is InChI=1S/C26H25NO4S2/c28-24(29)13-15-32-26(33-16-14-25(30)31)21-8-4-5-19(17-21)9-11-23-12-10-22(18-27-23)20-6-2-1-3-7-20/h1-12,17-18,26H,13-16H2,(H,28,29)(H,30,31)/b11-9+. The highest BCUT2D eigenvalue weighted by atomic mass is 32.2. The second-order valence-corrected chi connectivity index (χ2v) is 9.93. The van der Waals surface area contributed by atoms with Crippen molar-refractivity contribution in [2.75, 3.05) is 11.5 Å². The number of nitrogens with zero attached hydrogens (tertiary/aromatic N) is 1. The van der Waals surface area contributed by atoms with E-state index in [0.29, 0.717) is 11.5 Å². The highest BCUT2D eigenvalue weighted by Gasteiger charge is 2.14. The van der Waals surface area contributed by atoms with Crippen molar-refractivity contribution >= 4 is 47.6 Å². The predicted octanol–water partition coefficient (Wildman–Crippen LogP) is 6.33. The first-order valence-corrected chi connectivity index (χ1v) is 12.6. The first-order valence-electron chi connectivity index (χ1n) is 10.5. The lowest BCUT2D eigenvalue weighted by atomic mass is 10.1. The molecule has 7 heteroatoms. The monoisotopic (exact) mass is 479 g/mol. The molecule has 0 bridgehead atoms. The van der Waals surface area contributed by atoms with E-state index in [2.05, 4.69) is 23.2 Å². The number of carboxylic acids is 2. The van der Waals surface area contributed by atoms with Crippen LogP contribution in [0.5, 0.6) is 0 Å². The number of benzene rings is 2. The van der Waals surface area contributed by atoms with Gasteiger partial charge in [0.25, 0.3) is 0 Å². The van der Waals surface area contributed by atoms with Crippen LogP contribution in [0.1, 0.15) is 34.2 Å². The van der Waals surface area contributed by atoms with Gasteiger partial charge in [-0.05, 0) is 34.9 Å². The molecule has 0 atom stereocenters. The van der Waals surface area contributed by atoms with Gasteiger partial charge in [0.15, 0.2) is 0 Å². The zero-order chi connectivity index (χ0) is 23.5. The van der Waals surface area contributed by atoms with Crippen molar-refractivity contribution < 1.29 is 19.8 Å². The van der Waals surface area contributed by atoms with Crippen LogP contribution in [0.2, 0.25) is 0 Å². The summed E-state index contributed by atoms with van der Waals surface area (Å²) in [7, 11) is 0. The van der Waals surface area contributed by atoms with Crippen molar-refractivity contribution in [2.45, 2.75) is 17.4 Å². The number of carboxylic acid groups (broad SMARTS) is 2. The zero-order valence-electron chi connectivity index (χ0n) is 18.0. The van der Waals surface area contributed by atoms with Crippen LogP contribution in [-0.4, -0.2) is 38.6 Å². The number of aliphatic carboxylic acids is 2. The second kappa shape index (κ2) is 12.9. The smallest absolute Gasteiger partial charge is 0.304 e. The fraction of sp³-hybridized carbons (Fsp3) is 0.192. The summed E-state index contributed by atoms with van der Waals surface area (Å²) in [6.07, 6.45) is 5.96. The van der Waals surface area contributed by atoms with Gasteiger partial charge in [-0.15, -0.1) is 23.5 Å². The Morgan fingerprint density at radius 2 is 1.52 bits per heavy atom. The van der Waals surface area contributed by atoms with E-state index < -0.39 is 11.9 Å². The molecule has 0 radical (unpaired) electrons. The van der Waals surface area contributed by atoms with Crippen LogP contribution in [-0.2, 0) is 9.59 Å². The van der Waals surface area contributed by atoms with E-state index in [1.165, 1.54) is 23.5 Å². The molecular weight excluding hydrogens is 454 g/mol. The summed E-state index contributed by atoms with van der Waals surface area (Å²) in [6, 6.07) is 22.1. The molecule has 0 amide bonds. The summed E-state index contributed by atoms with van der Waals surface area (Å²) in [5.74, 6) is -0.728. The van der Waals surface area contributed by atoms with Gasteiger partial charge in [0.2, 0.25) is 0 Å². The van der Waals surface area contributed by atoms with Crippen LogP contribution in [0.25, 0.3) is 23.3 Å². The average molecular weight is 480 g/mol. The molecule has 170 valence electrons. The number of carbonyl (C=O) groups is 2. The lowest BCUT2D eigenvalue weighted by molar-refractivity contribution is -0.137. The van der Waals surface area contributed by atoms with E-state index in [0.717, 1.165) is 27.9 Å². The van der Waals surface area contributed by atoms with Gasteiger partial charge in [-0.2, -0.15) is 0 Å². The summed E-state index contributed by atoms with van der Waals surface area (Å²) in [4.78, 5) is 26.3. The molecule has 0 fully saturated rings. The van der Waals surface area contributed by atoms with Crippen LogP contribution in [0, 0.1) is 0 Å². The Morgan fingerprint density at radius 1 is 0.818 bits per heavy atom. The predicted molar refractivity (Wildman–Crippen MR) is 137 cm³/mol. The molecule has 2 aromatic carbocycles. The molecule has 0 aliphatic rings. The third-order valence-electron chi connectivity index (χ3n) is 4.69. The average Bonchev–Trinajstić information content (AvgIpc) is 2.82. The van der Waals surface area contributed by atoms with Crippen LogP contribution in [0.15, 0.2) is 72.9 Å². The van der Waals surface area contributed by atoms with E-state index >= 15 is 0 Å². The Kier molecular flexibility index (Phi) is 9.59. The number of thioether (sulfide) groups is 2. The van der Waals surface area contributed by atoms with Gasteiger partial charge in [-0.25, -0.2) is 0 Å². The van der Waals surface area contributed by atoms with E-state index in [4.69, 9.17) is 10.2 Å². The number of rotatable bonds is 12. The van der Waals surface area contributed by atoms with Crippen LogP contribution >= 0.6 is 23.5 Å². The number of aromatic nitrogens is 1. The van der Waals surface area contributed by atoms with Crippen molar-refractivity contribution in [1.82, 2.24) is 4.98 Å². The molecule has 33 heavy (non-hydrogen) atoms. The Balaban J connectivity index is 1.69. The topological polar surface area (TPSA) is 87.5 Å². The first kappa shape index (κ1) is 24.6. The molecule has 1 aromatic heterocycles. The molecule has 0 aliphatic carbocycles. The van der Waals surface area contributed by atoms with Crippen molar-refractivity contribution in [3.05, 3.63) is 89.7 Å². The number of hydrogen-bond acceptors (Lipinski definition) is 5. The molecule has 0 unspecified atom stereocenters. The minimum atomic E-state index is -0.834. The van der Waals surface area contributed by atoms with Gasteiger partial charge in [-0.3, -0.25) is 14.6 Å². The molecule has 0 aliphatic heterocycles. The molecular formula is C26H25NO4S2. The van der Waals surface area contributed by atoms with E-state index in [-0.39, 0.29) is 17.4 Å². The number of pyridine rings is 1. The fourth-order valence-electron chi connectivity index (χ4n) is 3.04. The molecule has 5 nitrogen and oxygen atoms in total. The van der Waals surface area contributed by atoms with Crippen molar-refractivity contribution in [3.63, 3.8) is 0 Å². The second-order valence-electron chi connectivity index (χ2n) is 7.20. The van der Waals surface area contributed by atoms with E-state index in [9.17, 15) is 9.59 Å².